The molecule has 0 unspecified atom stereocenters. The first-order valence-electron chi connectivity index (χ1n) is 7.56. The van der Waals surface area contributed by atoms with Crippen LogP contribution in [0.2, 0.25) is 0 Å². The molecular formula is C17H17N2O6-. The Morgan fingerprint density at radius 1 is 1.12 bits per heavy atom. The fourth-order valence-corrected chi connectivity index (χ4v) is 2.01. The van der Waals surface area contributed by atoms with Crippen LogP contribution in [-0.2, 0) is 11.3 Å². The van der Waals surface area contributed by atoms with Gasteiger partial charge >= 0.3 is 0 Å². The van der Waals surface area contributed by atoms with Gasteiger partial charge in [-0.05, 0) is 36.8 Å². The summed E-state index contributed by atoms with van der Waals surface area (Å²) in [5.74, 6) is 0.379. The molecule has 8 nitrogen and oxygen atoms in total. The van der Waals surface area contributed by atoms with Gasteiger partial charge in [-0.2, -0.15) is 0 Å². The van der Waals surface area contributed by atoms with Gasteiger partial charge in [0.2, 0.25) is 0 Å². The molecule has 2 aromatic rings. The van der Waals surface area contributed by atoms with E-state index in [1.807, 2.05) is 6.92 Å². The van der Waals surface area contributed by atoms with Gasteiger partial charge in [0.05, 0.1) is 11.5 Å². The van der Waals surface area contributed by atoms with E-state index in [9.17, 15) is 20.0 Å². The summed E-state index contributed by atoms with van der Waals surface area (Å²) in [4.78, 5) is 21.9. The van der Waals surface area contributed by atoms with E-state index in [0.29, 0.717) is 18.1 Å². The molecule has 0 bridgehead atoms. The quantitative estimate of drug-likeness (QED) is 0.576. The minimum absolute atomic E-state index is 0.105. The smallest absolute Gasteiger partial charge is 0.269 e. The number of amides is 1. The number of non-ortho nitro benzene ring substituents is 1. The summed E-state index contributed by atoms with van der Waals surface area (Å²) in [6, 6.07) is 10.2. The van der Waals surface area contributed by atoms with Gasteiger partial charge in [-0.25, -0.2) is 0 Å². The molecule has 8 heteroatoms. The van der Waals surface area contributed by atoms with Crippen LogP contribution in [-0.4, -0.2) is 24.0 Å². The number of nitro groups is 1. The van der Waals surface area contributed by atoms with Crippen molar-refractivity contribution in [2.24, 2.45) is 0 Å². The Morgan fingerprint density at radius 3 is 2.36 bits per heavy atom. The summed E-state index contributed by atoms with van der Waals surface area (Å²) >= 11 is 0. The lowest BCUT2D eigenvalue weighted by molar-refractivity contribution is -0.385. The van der Waals surface area contributed by atoms with Crippen molar-refractivity contribution in [2.75, 3.05) is 13.2 Å². The van der Waals surface area contributed by atoms with Crippen molar-refractivity contribution in [1.82, 2.24) is 5.32 Å². The van der Waals surface area contributed by atoms with Gasteiger partial charge in [0, 0.05) is 18.7 Å². The fraction of sp³-hybridized carbons (Fsp3) is 0.235. The van der Waals surface area contributed by atoms with E-state index in [0.717, 1.165) is 18.2 Å². The van der Waals surface area contributed by atoms with Crippen LogP contribution in [0.15, 0.2) is 42.5 Å². The summed E-state index contributed by atoms with van der Waals surface area (Å²) in [7, 11) is 0. The van der Waals surface area contributed by atoms with Gasteiger partial charge in [0.15, 0.2) is 6.61 Å². The van der Waals surface area contributed by atoms with Crippen LogP contribution in [0.3, 0.4) is 0 Å². The maximum Gasteiger partial charge on any atom is 0.269 e. The molecule has 0 radical (unpaired) electrons. The lowest BCUT2D eigenvalue weighted by Crippen LogP contribution is -2.28. The first-order chi connectivity index (χ1) is 12.0. The summed E-state index contributed by atoms with van der Waals surface area (Å²) in [5, 5.41) is 24.9. The summed E-state index contributed by atoms with van der Waals surface area (Å²) in [5.41, 5.74) is -0.0573. The number of benzene rings is 2. The van der Waals surface area contributed by atoms with E-state index < -0.39 is 10.8 Å². The Kier molecular flexibility index (Phi) is 6.16. The fourth-order valence-electron chi connectivity index (χ4n) is 2.01. The standard InChI is InChI=1S/C17H18N2O6/c1-2-24-14-4-6-15(7-5-14)25-11-17(21)18-10-12-9-13(19(22)23)3-8-16(12)20/h3-9,20H,2,10-11H2,1H3,(H,18,21)/p-1. The third-order valence-corrected chi connectivity index (χ3v) is 3.24. The number of carbonyl (C=O) groups excluding carboxylic acids is 1. The number of hydrogen-bond acceptors (Lipinski definition) is 6. The molecule has 0 aliphatic rings. The van der Waals surface area contributed by atoms with Crippen molar-refractivity contribution < 1.29 is 24.3 Å². The molecule has 25 heavy (non-hydrogen) atoms. The number of hydrogen-bond donors (Lipinski definition) is 1. The van der Waals surface area contributed by atoms with Crippen molar-refractivity contribution in [3.63, 3.8) is 0 Å². The molecule has 0 heterocycles. The monoisotopic (exact) mass is 345 g/mol. The summed E-state index contributed by atoms with van der Waals surface area (Å²) in [6.45, 7) is 2.09. The number of rotatable bonds is 8. The summed E-state index contributed by atoms with van der Waals surface area (Å²) in [6.07, 6.45) is 0. The van der Waals surface area contributed by atoms with Crippen LogP contribution in [0.5, 0.6) is 17.2 Å². The molecule has 2 rings (SSSR count). The Balaban J connectivity index is 1.84. The predicted octanol–water partition coefficient (Wildman–Crippen LogP) is 1.76. The second-order valence-corrected chi connectivity index (χ2v) is 5.02. The van der Waals surface area contributed by atoms with Crippen LogP contribution in [0.4, 0.5) is 5.69 Å². The maximum absolute atomic E-state index is 11.8. The second kappa shape index (κ2) is 8.53. The highest BCUT2D eigenvalue weighted by molar-refractivity contribution is 5.77. The molecule has 0 fully saturated rings. The first-order valence-corrected chi connectivity index (χ1v) is 7.56. The van der Waals surface area contributed by atoms with Gasteiger partial charge in [-0.15, -0.1) is 5.75 Å². The Labute approximate surface area is 144 Å². The second-order valence-electron chi connectivity index (χ2n) is 5.02. The number of carbonyl (C=O) groups is 1. The largest absolute Gasteiger partial charge is 0.872 e. The highest BCUT2D eigenvalue weighted by Crippen LogP contribution is 2.20. The van der Waals surface area contributed by atoms with E-state index in [2.05, 4.69) is 5.32 Å². The molecule has 0 aliphatic heterocycles. The third-order valence-electron chi connectivity index (χ3n) is 3.24. The Bertz CT molecular complexity index is 745. The van der Waals surface area contributed by atoms with Crippen LogP contribution in [0.25, 0.3) is 0 Å². The molecule has 0 aliphatic carbocycles. The van der Waals surface area contributed by atoms with E-state index >= 15 is 0 Å². The summed E-state index contributed by atoms with van der Waals surface area (Å²) < 4.78 is 10.6. The van der Waals surface area contributed by atoms with Crippen molar-refractivity contribution >= 4 is 11.6 Å². The lowest BCUT2D eigenvalue weighted by atomic mass is 10.2. The zero-order chi connectivity index (χ0) is 18.2. The van der Waals surface area contributed by atoms with Gasteiger partial charge in [-0.1, -0.05) is 6.07 Å². The average molecular weight is 345 g/mol. The molecular weight excluding hydrogens is 328 g/mol. The van der Waals surface area contributed by atoms with Crippen LogP contribution in [0, 0.1) is 10.1 Å². The molecule has 1 N–H and O–H groups in total. The molecule has 2 aromatic carbocycles. The average Bonchev–Trinajstić information content (AvgIpc) is 2.60. The van der Waals surface area contributed by atoms with Crippen LogP contribution < -0.4 is 19.9 Å². The molecule has 1 amide bonds. The number of ether oxygens (including phenoxy) is 2. The van der Waals surface area contributed by atoms with E-state index in [1.165, 1.54) is 0 Å². The molecule has 0 atom stereocenters. The maximum atomic E-state index is 11.8. The third kappa shape index (κ3) is 5.38. The zero-order valence-electron chi connectivity index (χ0n) is 13.6. The lowest BCUT2D eigenvalue weighted by Gasteiger charge is -2.14. The SMILES string of the molecule is CCOc1ccc(OCC(=O)NCc2cc([N+](=O)[O-])ccc2[O-])cc1. The van der Waals surface area contributed by atoms with Gasteiger partial charge in [-0.3, -0.25) is 14.9 Å². The van der Waals surface area contributed by atoms with Crippen molar-refractivity contribution in [3.8, 4) is 17.2 Å². The van der Waals surface area contributed by atoms with Crippen molar-refractivity contribution in [2.45, 2.75) is 13.5 Å². The van der Waals surface area contributed by atoms with Crippen LogP contribution >= 0.6 is 0 Å². The Hall–Kier alpha value is -3.29. The van der Waals surface area contributed by atoms with Crippen molar-refractivity contribution in [3.05, 3.63) is 58.1 Å². The predicted molar refractivity (Wildman–Crippen MR) is 87.5 cm³/mol. The first kappa shape index (κ1) is 18.1. The van der Waals surface area contributed by atoms with E-state index in [1.54, 1.807) is 24.3 Å². The number of nitrogens with zero attached hydrogens (tertiary/aromatic N) is 1. The van der Waals surface area contributed by atoms with Gasteiger partial charge in [0.25, 0.3) is 11.6 Å². The van der Waals surface area contributed by atoms with Crippen LogP contribution in [0.1, 0.15) is 12.5 Å². The van der Waals surface area contributed by atoms with Gasteiger partial charge in [0.1, 0.15) is 11.5 Å². The highest BCUT2D eigenvalue weighted by atomic mass is 16.6. The molecule has 0 aromatic heterocycles. The van der Waals surface area contributed by atoms with Crippen molar-refractivity contribution in [1.29, 1.82) is 0 Å². The molecule has 0 saturated carbocycles. The molecule has 0 saturated heterocycles. The van der Waals surface area contributed by atoms with E-state index in [4.69, 9.17) is 9.47 Å². The highest BCUT2D eigenvalue weighted by Gasteiger charge is 2.08. The van der Waals surface area contributed by atoms with E-state index in [-0.39, 0.29) is 30.2 Å². The number of nitrogens with one attached hydrogen (secondary N) is 1. The minimum atomic E-state index is -0.597. The Morgan fingerprint density at radius 2 is 1.76 bits per heavy atom. The molecule has 0 spiro atoms. The van der Waals surface area contributed by atoms with Gasteiger partial charge < -0.3 is 19.9 Å². The normalized spacial score (nSPS) is 10.1. The number of nitro benzene ring substituents is 1. The zero-order valence-corrected chi connectivity index (χ0v) is 13.6. The molecule has 132 valence electrons. The minimum Gasteiger partial charge on any atom is -0.872 e. The topological polar surface area (TPSA) is 114 Å².